The smallest absolute Gasteiger partial charge is 0.297 e. The van der Waals surface area contributed by atoms with Crippen LogP contribution in [-0.4, -0.2) is 29.6 Å². The molecule has 3 heterocycles. The van der Waals surface area contributed by atoms with Crippen molar-refractivity contribution in [1.82, 2.24) is 5.43 Å². The number of fused-ring (bicyclic) bond motifs is 1. The fourth-order valence-electron chi connectivity index (χ4n) is 1.99. The third-order valence-electron chi connectivity index (χ3n) is 2.72. The average Bonchev–Trinajstić information content (AvgIpc) is 2.89. The number of carbonyl (C=O) groups excluding carboxylic acids is 1. The summed E-state index contributed by atoms with van der Waals surface area (Å²) in [6.07, 6.45) is 2.64. The van der Waals surface area contributed by atoms with Gasteiger partial charge in [-0.15, -0.1) is 16.8 Å². The van der Waals surface area contributed by atoms with Crippen LogP contribution in [-0.2, 0) is 9.53 Å². The first kappa shape index (κ1) is 9.06. The van der Waals surface area contributed by atoms with Gasteiger partial charge in [-0.1, -0.05) is 10.8 Å². The molecule has 15 heavy (non-hydrogen) atoms. The van der Waals surface area contributed by atoms with Gasteiger partial charge in [-0.25, -0.2) is 0 Å². The van der Waals surface area contributed by atoms with Crippen molar-refractivity contribution in [3.05, 3.63) is 22.4 Å². The molecule has 0 bridgehead atoms. The van der Waals surface area contributed by atoms with Crippen molar-refractivity contribution in [2.24, 2.45) is 5.92 Å². The number of thiophene rings is 1. The van der Waals surface area contributed by atoms with Gasteiger partial charge in [0.05, 0.1) is 11.5 Å². The van der Waals surface area contributed by atoms with Gasteiger partial charge in [0.2, 0.25) is 6.21 Å². The van der Waals surface area contributed by atoms with E-state index in [2.05, 4.69) is 5.43 Å². The summed E-state index contributed by atoms with van der Waals surface area (Å²) in [5.41, 5.74) is 2.81. The van der Waals surface area contributed by atoms with Gasteiger partial charge in [-0.05, 0) is 17.9 Å². The van der Waals surface area contributed by atoms with Crippen LogP contribution in [0.5, 0.6) is 0 Å². The zero-order valence-electron chi connectivity index (χ0n) is 8.05. The van der Waals surface area contributed by atoms with E-state index in [1.165, 1.54) is 0 Å². The lowest BCUT2D eigenvalue weighted by atomic mass is 10.1. The summed E-state index contributed by atoms with van der Waals surface area (Å²) in [5.74, 6) is 0.0755. The van der Waals surface area contributed by atoms with Gasteiger partial charge < -0.3 is 4.74 Å². The fraction of sp³-hybridized carbons (Fsp3) is 0.400. The third-order valence-corrected chi connectivity index (χ3v) is 3.53. The van der Waals surface area contributed by atoms with Crippen molar-refractivity contribution in [2.45, 2.75) is 12.6 Å². The molecule has 0 saturated carbocycles. The Balaban J connectivity index is 1.91. The first-order chi connectivity index (χ1) is 7.34. The Kier molecular flexibility index (Phi) is 2.07. The van der Waals surface area contributed by atoms with Crippen molar-refractivity contribution >= 4 is 23.5 Å². The fourth-order valence-corrected chi connectivity index (χ4v) is 2.64. The van der Waals surface area contributed by atoms with Gasteiger partial charge in [0.15, 0.2) is 0 Å². The molecule has 2 aliphatic rings. The molecule has 0 unspecified atom stereocenters. The summed E-state index contributed by atoms with van der Waals surface area (Å²) in [6, 6.07) is 4.00. The Bertz CT molecular complexity index is 413. The summed E-state index contributed by atoms with van der Waals surface area (Å²) >= 11 is 1.64. The summed E-state index contributed by atoms with van der Waals surface area (Å²) in [5, 5.41) is 2.01. The SMILES string of the molecule is O=C1N/[N+](=C/c2cccs2)[C@@H]2OCC[C@H]12. The summed E-state index contributed by atoms with van der Waals surface area (Å²) < 4.78 is 7.31. The van der Waals surface area contributed by atoms with E-state index in [1.54, 1.807) is 16.0 Å². The number of hydrazone groups is 1. The van der Waals surface area contributed by atoms with Crippen molar-refractivity contribution in [2.75, 3.05) is 6.61 Å². The molecule has 2 aliphatic heterocycles. The van der Waals surface area contributed by atoms with Crippen LogP contribution in [0, 0.1) is 5.92 Å². The number of hydrogen-bond acceptors (Lipinski definition) is 3. The minimum Gasteiger partial charge on any atom is -0.319 e. The quantitative estimate of drug-likeness (QED) is 0.708. The molecule has 0 aliphatic carbocycles. The maximum atomic E-state index is 11.5. The van der Waals surface area contributed by atoms with Crippen LogP contribution in [0.2, 0.25) is 0 Å². The number of carbonyl (C=O) groups is 1. The number of hydrazine groups is 1. The largest absolute Gasteiger partial charge is 0.319 e. The predicted octanol–water partition coefficient (Wildman–Crippen LogP) is 0.587. The maximum Gasteiger partial charge on any atom is 0.297 e. The molecule has 4 nitrogen and oxygen atoms in total. The highest BCUT2D eigenvalue weighted by molar-refractivity contribution is 7.11. The van der Waals surface area contributed by atoms with Crippen LogP contribution in [0.1, 0.15) is 11.3 Å². The highest BCUT2D eigenvalue weighted by Crippen LogP contribution is 2.25. The Morgan fingerprint density at radius 1 is 1.67 bits per heavy atom. The van der Waals surface area contributed by atoms with Crippen molar-refractivity contribution in [3.63, 3.8) is 0 Å². The average molecular weight is 223 g/mol. The topological polar surface area (TPSA) is 41.3 Å². The Labute approximate surface area is 91.2 Å². The lowest BCUT2D eigenvalue weighted by Gasteiger charge is -1.99. The van der Waals surface area contributed by atoms with Gasteiger partial charge in [-0.2, -0.15) is 0 Å². The van der Waals surface area contributed by atoms with E-state index >= 15 is 0 Å². The molecule has 2 saturated heterocycles. The minimum atomic E-state index is -0.111. The van der Waals surface area contributed by atoms with E-state index in [9.17, 15) is 4.79 Å². The highest BCUT2D eigenvalue weighted by Gasteiger charge is 2.50. The lowest BCUT2D eigenvalue weighted by molar-refractivity contribution is -0.630. The molecule has 5 heteroatoms. The molecule has 1 aromatic rings. The zero-order valence-corrected chi connectivity index (χ0v) is 8.87. The van der Waals surface area contributed by atoms with Gasteiger partial charge in [0, 0.05) is 0 Å². The predicted molar refractivity (Wildman–Crippen MR) is 55.7 cm³/mol. The van der Waals surface area contributed by atoms with Crippen molar-refractivity contribution < 1.29 is 14.2 Å². The molecular formula is C10H11N2O2S+. The second-order valence-electron chi connectivity index (χ2n) is 3.68. The second-order valence-corrected chi connectivity index (χ2v) is 4.66. The molecule has 0 aromatic carbocycles. The first-order valence-electron chi connectivity index (χ1n) is 4.93. The molecule has 0 spiro atoms. The van der Waals surface area contributed by atoms with Gasteiger partial charge in [0.25, 0.3) is 12.1 Å². The van der Waals surface area contributed by atoms with Crippen LogP contribution < -0.4 is 5.43 Å². The second kappa shape index (κ2) is 3.43. The van der Waals surface area contributed by atoms with E-state index in [-0.39, 0.29) is 18.1 Å². The number of nitrogens with one attached hydrogen (secondary N) is 1. The minimum absolute atomic E-state index is 0.00112. The van der Waals surface area contributed by atoms with Crippen LogP contribution in [0.4, 0.5) is 0 Å². The normalized spacial score (nSPS) is 32.0. The monoisotopic (exact) mass is 223 g/mol. The zero-order chi connectivity index (χ0) is 10.3. The van der Waals surface area contributed by atoms with Crippen molar-refractivity contribution in [3.8, 4) is 0 Å². The van der Waals surface area contributed by atoms with Gasteiger partial charge in [0.1, 0.15) is 5.92 Å². The molecule has 2 atom stereocenters. The molecule has 2 fully saturated rings. The molecule has 1 N–H and O–H groups in total. The number of rotatable bonds is 1. The van der Waals surface area contributed by atoms with Gasteiger partial charge >= 0.3 is 0 Å². The Hall–Kier alpha value is -1.20. The lowest BCUT2D eigenvalue weighted by Crippen LogP contribution is -2.31. The number of amides is 1. The molecule has 1 amide bonds. The van der Waals surface area contributed by atoms with Gasteiger partial charge in [-0.3, -0.25) is 4.79 Å². The summed E-state index contributed by atoms with van der Waals surface area (Å²) in [4.78, 5) is 12.7. The van der Waals surface area contributed by atoms with Crippen LogP contribution in [0.15, 0.2) is 17.5 Å². The van der Waals surface area contributed by atoms with Crippen LogP contribution >= 0.6 is 11.3 Å². The van der Waals surface area contributed by atoms with E-state index in [1.807, 2.05) is 23.7 Å². The van der Waals surface area contributed by atoms with E-state index in [4.69, 9.17) is 4.74 Å². The molecular weight excluding hydrogens is 212 g/mol. The number of hydrogen-bond donors (Lipinski definition) is 1. The van der Waals surface area contributed by atoms with E-state index in [0.717, 1.165) is 11.3 Å². The summed E-state index contributed by atoms with van der Waals surface area (Å²) in [7, 11) is 0. The van der Waals surface area contributed by atoms with Crippen LogP contribution in [0.25, 0.3) is 0 Å². The third kappa shape index (κ3) is 1.48. The highest BCUT2D eigenvalue weighted by atomic mass is 32.1. The first-order valence-corrected chi connectivity index (χ1v) is 5.81. The van der Waals surface area contributed by atoms with Crippen LogP contribution in [0.3, 0.4) is 0 Å². The summed E-state index contributed by atoms with van der Waals surface area (Å²) in [6.45, 7) is 0.678. The van der Waals surface area contributed by atoms with E-state index in [0.29, 0.717) is 6.61 Å². The Morgan fingerprint density at radius 3 is 3.40 bits per heavy atom. The standard InChI is InChI=1S/C10H10N2O2S/c13-9-8-3-4-14-10(8)12(11-9)6-7-2-1-5-15-7/h1-2,5-6,8,10H,3-4H2/p+1/b12-6+/t8-,10-/m1/s1. The number of nitrogens with zero attached hydrogens (tertiary/aromatic N) is 1. The maximum absolute atomic E-state index is 11.5. The molecule has 78 valence electrons. The molecule has 0 radical (unpaired) electrons. The van der Waals surface area contributed by atoms with E-state index < -0.39 is 0 Å². The Morgan fingerprint density at radius 2 is 2.60 bits per heavy atom. The molecule has 3 rings (SSSR count). The molecule has 1 aromatic heterocycles. The van der Waals surface area contributed by atoms with Crippen molar-refractivity contribution in [1.29, 1.82) is 0 Å². The number of ether oxygens (including phenoxy) is 1.